The standard InChI is InChI=1S/C26H31NO7/c1-16(2)15-34-18-8-6-17(7-9-18)24(28)22-23(27(12-13-31-3)26(30)25(22)29)20-11-10-19(32-4)14-21(20)33-5/h6-11,14,16,23,28H,12-13,15H2,1-5H3. The third kappa shape index (κ3) is 5.17. The Morgan fingerprint density at radius 1 is 1.00 bits per heavy atom. The Morgan fingerprint density at radius 2 is 1.68 bits per heavy atom. The maximum absolute atomic E-state index is 13.1. The van der Waals surface area contributed by atoms with Crippen LogP contribution in [-0.2, 0) is 14.3 Å². The van der Waals surface area contributed by atoms with E-state index in [1.165, 1.54) is 26.2 Å². The van der Waals surface area contributed by atoms with Crippen LogP contribution in [0.1, 0.15) is 31.0 Å². The number of hydrogen-bond acceptors (Lipinski definition) is 7. The Kier molecular flexibility index (Phi) is 8.17. The molecule has 3 rings (SSSR count). The highest BCUT2D eigenvalue weighted by molar-refractivity contribution is 6.46. The average molecular weight is 470 g/mol. The summed E-state index contributed by atoms with van der Waals surface area (Å²) in [5.41, 5.74) is 0.941. The minimum atomic E-state index is -0.854. The molecule has 0 spiro atoms. The molecule has 1 heterocycles. The van der Waals surface area contributed by atoms with Crippen LogP contribution in [0.3, 0.4) is 0 Å². The summed E-state index contributed by atoms with van der Waals surface area (Å²) in [6, 6.07) is 11.0. The Bertz CT molecular complexity index is 1060. The lowest BCUT2D eigenvalue weighted by molar-refractivity contribution is -0.140. The highest BCUT2D eigenvalue weighted by Gasteiger charge is 2.47. The van der Waals surface area contributed by atoms with E-state index in [-0.39, 0.29) is 24.5 Å². The number of aliphatic hydroxyl groups excluding tert-OH is 1. The Hall–Kier alpha value is -3.52. The fraction of sp³-hybridized carbons (Fsp3) is 0.385. The van der Waals surface area contributed by atoms with Crippen LogP contribution in [0.4, 0.5) is 0 Å². The van der Waals surface area contributed by atoms with Gasteiger partial charge in [0, 0.05) is 30.8 Å². The summed E-state index contributed by atoms with van der Waals surface area (Å²) in [6.45, 7) is 5.06. The number of amides is 1. The largest absolute Gasteiger partial charge is 0.507 e. The lowest BCUT2D eigenvalue weighted by Gasteiger charge is -2.26. The number of Topliss-reactive ketones (excluding diaryl/α,β-unsaturated/α-hetero) is 1. The van der Waals surface area contributed by atoms with Gasteiger partial charge in [0.25, 0.3) is 11.7 Å². The molecule has 8 heteroatoms. The van der Waals surface area contributed by atoms with Gasteiger partial charge in [-0.25, -0.2) is 0 Å². The number of likely N-dealkylation sites (tertiary alicyclic amines) is 1. The first-order valence-electron chi connectivity index (χ1n) is 11.0. The van der Waals surface area contributed by atoms with Gasteiger partial charge in [-0.3, -0.25) is 9.59 Å². The number of methoxy groups -OCH3 is 3. The van der Waals surface area contributed by atoms with Crippen molar-refractivity contribution in [2.75, 3.05) is 41.1 Å². The van der Waals surface area contributed by atoms with Crippen LogP contribution in [0.25, 0.3) is 5.76 Å². The molecule has 8 nitrogen and oxygen atoms in total. The van der Waals surface area contributed by atoms with Gasteiger partial charge in [0.05, 0.1) is 39.0 Å². The predicted molar refractivity (Wildman–Crippen MR) is 127 cm³/mol. The summed E-state index contributed by atoms with van der Waals surface area (Å²) in [4.78, 5) is 27.5. The third-order valence-corrected chi connectivity index (χ3v) is 5.52. The lowest BCUT2D eigenvalue weighted by Crippen LogP contribution is -2.32. The quantitative estimate of drug-likeness (QED) is 0.321. The summed E-state index contributed by atoms with van der Waals surface area (Å²) in [5, 5.41) is 11.2. The second kappa shape index (κ2) is 11.1. The first kappa shape index (κ1) is 25.1. The number of nitrogens with zero attached hydrogens (tertiary/aromatic N) is 1. The second-order valence-corrected chi connectivity index (χ2v) is 8.32. The number of rotatable bonds is 10. The van der Waals surface area contributed by atoms with Crippen molar-refractivity contribution in [1.29, 1.82) is 0 Å². The van der Waals surface area contributed by atoms with Crippen LogP contribution in [0.15, 0.2) is 48.0 Å². The van der Waals surface area contributed by atoms with E-state index in [4.69, 9.17) is 18.9 Å². The molecule has 1 aliphatic heterocycles. The summed E-state index contributed by atoms with van der Waals surface area (Å²) >= 11 is 0. The molecule has 182 valence electrons. The van der Waals surface area contributed by atoms with Crippen LogP contribution in [0.5, 0.6) is 17.2 Å². The molecule has 1 N–H and O–H groups in total. The van der Waals surface area contributed by atoms with Crippen molar-refractivity contribution in [1.82, 2.24) is 4.90 Å². The van der Waals surface area contributed by atoms with Crippen molar-refractivity contribution in [2.24, 2.45) is 5.92 Å². The van der Waals surface area contributed by atoms with Crippen molar-refractivity contribution in [3.05, 3.63) is 59.2 Å². The molecule has 1 fully saturated rings. The fourth-order valence-electron chi connectivity index (χ4n) is 3.80. The summed E-state index contributed by atoms with van der Waals surface area (Å²) in [5.74, 6) is 0.268. The molecule has 1 unspecified atom stereocenters. The minimum Gasteiger partial charge on any atom is -0.507 e. The van der Waals surface area contributed by atoms with Gasteiger partial charge in [-0.2, -0.15) is 0 Å². The van der Waals surface area contributed by atoms with Crippen molar-refractivity contribution >= 4 is 17.4 Å². The van der Waals surface area contributed by atoms with Crippen LogP contribution in [0, 0.1) is 5.92 Å². The average Bonchev–Trinajstić information content (AvgIpc) is 3.10. The van der Waals surface area contributed by atoms with E-state index in [0.717, 1.165) is 0 Å². The summed E-state index contributed by atoms with van der Waals surface area (Å²) in [7, 11) is 4.55. The first-order chi connectivity index (χ1) is 16.3. The minimum absolute atomic E-state index is 0.0135. The second-order valence-electron chi connectivity index (χ2n) is 8.32. The molecule has 1 atom stereocenters. The molecule has 1 amide bonds. The molecular formula is C26H31NO7. The van der Waals surface area contributed by atoms with Crippen molar-refractivity contribution in [3.8, 4) is 17.2 Å². The van der Waals surface area contributed by atoms with Crippen molar-refractivity contribution in [2.45, 2.75) is 19.9 Å². The SMILES string of the molecule is COCCN1C(=O)C(=O)C(=C(O)c2ccc(OCC(C)C)cc2)C1c1ccc(OC)cc1OC. The predicted octanol–water partition coefficient (Wildman–Crippen LogP) is 3.81. The van der Waals surface area contributed by atoms with Gasteiger partial charge in [0.2, 0.25) is 0 Å². The van der Waals surface area contributed by atoms with E-state index in [0.29, 0.717) is 40.9 Å². The molecule has 0 aromatic heterocycles. The number of ketones is 1. The lowest BCUT2D eigenvalue weighted by atomic mass is 9.94. The zero-order valence-corrected chi connectivity index (χ0v) is 20.2. The molecule has 0 bridgehead atoms. The molecule has 2 aromatic rings. The van der Waals surface area contributed by atoms with Crippen LogP contribution >= 0.6 is 0 Å². The topological polar surface area (TPSA) is 94.5 Å². The number of aliphatic hydroxyl groups is 1. The van der Waals surface area contributed by atoms with Gasteiger partial charge in [0.15, 0.2) is 0 Å². The molecule has 1 aliphatic rings. The van der Waals surface area contributed by atoms with E-state index < -0.39 is 17.7 Å². The smallest absolute Gasteiger partial charge is 0.295 e. The number of benzene rings is 2. The normalized spacial score (nSPS) is 17.4. The molecule has 0 aliphatic carbocycles. The van der Waals surface area contributed by atoms with E-state index in [1.807, 2.05) is 0 Å². The maximum atomic E-state index is 13.1. The van der Waals surface area contributed by atoms with Gasteiger partial charge in [-0.15, -0.1) is 0 Å². The molecule has 0 radical (unpaired) electrons. The van der Waals surface area contributed by atoms with Crippen molar-refractivity contribution < 1.29 is 33.6 Å². The van der Waals surface area contributed by atoms with Crippen LogP contribution in [-0.4, -0.2) is 62.8 Å². The monoisotopic (exact) mass is 469 g/mol. The highest BCUT2D eigenvalue weighted by atomic mass is 16.5. The van der Waals surface area contributed by atoms with Crippen molar-refractivity contribution in [3.63, 3.8) is 0 Å². The Balaban J connectivity index is 2.10. The van der Waals surface area contributed by atoms with Gasteiger partial charge in [0.1, 0.15) is 23.0 Å². The third-order valence-electron chi connectivity index (χ3n) is 5.52. The first-order valence-corrected chi connectivity index (χ1v) is 11.0. The van der Waals surface area contributed by atoms with Gasteiger partial charge in [-0.05, 0) is 42.3 Å². The molecule has 0 saturated carbocycles. The number of ether oxygens (including phenoxy) is 4. The molecular weight excluding hydrogens is 438 g/mol. The van der Waals surface area contributed by atoms with Crippen LogP contribution < -0.4 is 14.2 Å². The number of hydrogen-bond donors (Lipinski definition) is 1. The van der Waals surface area contributed by atoms with Gasteiger partial charge >= 0.3 is 0 Å². The van der Waals surface area contributed by atoms with Gasteiger partial charge < -0.3 is 29.0 Å². The van der Waals surface area contributed by atoms with Gasteiger partial charge in [-0.1, -0.05) is 13.8 Å². The summed E-state index contributed by atoms with van der Waals surface area (Å²) in [6.07, 6.45) is 0. The summed E-state index contributed by atoms with van der Waals surface area (Å²) < 4.78 is 21.7. The van der Waals surface area contributed by atoms with E-state index in [2.05, 4.69) is 13.8 Å². The zero-order valence-electron chi connectivity index (χ0n) is 20.2. The highest BCUT2D eigenvalue weighted by Crippen LogP contribution is 2.43. The Labute approximate surface area is 199 Å². The number of carbonyl (C=O) groups excluding carboxylic acids is 2. The van der Waals surface area contributed by atoms with E-state index >= 15 is 0 Å². The molecule has 34 heavy (non-hydrogen) atoms. The van der Waals surface area contributed by atoms with Crippen LogP contribution in [0.2, 0.25) is 0 Å². The Morgan fingerprint density at radius 3 is 2.26 bits per heavy atom. The van der Waals surface area contributed by atoms with E-state index in [9.17, 15) is 14.7 Å². The fourth-order valence-corrected chi connectivity index (χ4v) is 3.80. The van der Waals surface area contributed by atoms with E-state index in [1.54, 1.807) is 42.5 Å². The molecule has 2 aromatic carbocycles. The number of carbonyl (C=O) groups is 2. The molecule has 1 saturated heterocycles. The maximum Gasteiger partial charge on any atom is 0.295 e. The zero-order chi connectivity index (χ0) is 24.8.